The summed E-state index contributed by atoms with van der Waals surface area (Å²) in [6, 6.07) is 8.04. The maximum absolute atomic E-state index is 11.8. The molecule has 0 N–H and O–H groups in total. The summed E-state index contributed by atoms with van der Waals surface area (Å²) in [7, 11) is 1.46. The van der Waals surface area contributed by atoms with Gasteiger partial charge in [-0.25, -0.2) is 0 Å². The number of carbonyl (C=O) groups is 1. The van der Waals surface area contributed by atoms with Crippen molar-refractivity contribution in [2.75, 3.05) is 13.7 Å². The van der Waals surface area contributed by atoms with Crippen molar-refractivity contribution in [1.29, 1.82) is 0 Å². The van der Waals surface area contributed by atoms with Crippen LogP contribution in [-0.2, 0) is 14.9 Å². The molecule has 1 unspecified atom stereocenters. The fourth-order valence-corrected chi connectivity index (χ4v) is 3.41. The van der Waals surface area contributed by atoms with Crippen LogP contribution in [0.3, 0.4) is 0 Å². The van der Waals surface area contributed by atoms with Gasteiger partial charge in [-0.05, 0) is 18.4 Å². The van der Waals surface area contributed by atoms with Crippen molar-refractivity contribution in [1.82, 2.24) is 0 Å². The van der Waals surface area contributed by atoms with Crippen LogP contribution >= 0.6 is 0 Å². The van der Waals surface area contributed by atoms with Crippen LogP contribution in [0.1, 0.15) is 18.9 Å². The Morgan fingerprint density at radius 1 is 1.47 bits per heavy atom. The molecule has 0 saturated heterocycles. The van der Waals surface area contributed by atoms with Crippen molar-refractivity contribution in [2.45, 2.75) is 18.8 Å². The van der Waals surface area contributed by atoms with Gasteiger partial charge < -0.3 is 9.47 Å². The fraction of sp³-hybridized carbons (Fsp3) is 0.500. The molecule has 3 rings (SSSR count). The molecule has 3 heteroatoms. The minimum Gasteiger partial charge on any atom is -0.493 e. The molecule has 3 nitrogen and oxygen atoms in total. The van der Waals surface area contributed by atoms with Gasteiger partial charge in [-0.3, -0.25) is 4.79 Å². The second-order valence-electron chi connectivity index (χ2n) is 4.92. The number of para-hydroxylation sites is 1. The molecule has 0 amide bonds. The third-order valence-electron chi connectivity index (χ3n) is 4.38. The number of benzene rings is 1. The molecule has 0 bridgehead atoms. The van der Waals surface area contributed by atoms with E-state index in [2.05, 4.69) is 13.0 Å². The molecule has 1 fully saturated rings. The fourth-order valence-electron chi connectivity index (χ4n) is 3.41. The molecule has 3 atom stereocenters. The van der Waals surface area contributed by atoms with Crippen molar-refractivity contribution in [3.05, 3.63) is 29.8 Å². The van der Waals surface area contributed by atoms with E-state index in [0.29, 0.717) is 12.5 Å². The predicted molar refractivity (Wildman–Crippen MR) is 62.9 cm³/mol. The first kappa shape index (κ1) is 10.6. The van der Waals surface area contributed by atoms with Crippen molar-refractivity contribution in [3.8, 4) is 5.75 Å². The first-order valence-corrected chi connectivity index (χ1v) is 6.02. The highest BCUT2D eigenvalue weighted by Gasteiger charge is 2.68. The number of esters is 1. The Balaban J connectivity index is 2.04. The van der Waals surface area contributed by atoms with E-state index in [0.717, 1.165) is 12.2 Å². The number of ether oxygens (including phenoxy) is 2. The zero-order valence-electron chi connectivity index (χ0n) is 10.1. The lowest BCUT2D eigenvalue weighted by molar-refractivity contribution is -0.143. The second kappa shape index (κ2) is 3.49. The van der Waals surface area contributed by atoms with Crippen molar-refractivity contribution < 1.29 is 14.3 Å². The third-order valence-corrected chi connectivity index (χ3v) is 4.38. The van der Waals surface area contributed by atoms with Gasteiger partial charge in [-0.1, -0.05) is 25.1 Å². The Kier molecular flexibility index (Phi) is 2.18. The highest BCUT2D eigenvalue weighted by atomic mass is 16.5. The maximum Gasteiger partial charge on any atom is 0.309 e. The van der Waals surface area contributed by atoms with E-state index in [1.165, 1.54) is 12.7 Å². The third kappa shape index (κ3) is 1.25. The SMILES string of the molecule is COC(=O)[C@@H]1[C@H](C)C12CCOc1ccccc12. The lowest BCUT2D eigenvalue weighted by Gasteiger charge is -2.27. The van der Waals surface area contributed by atoms with Crippen molar-refractivity contribution in [2.24, 2.45) is 11.8 Å². The normalized spacial score (nSPS) is 33.8. The van der Waals surface area contributed by atoms with Crippen LogP contribution in [0.15, 0.2) is 24.3 Å². The number of rotatable bonds is 1. The average Bonchev–Trinajstić information content (AvgIpc) is 2.94. The van der Waals surface area contributed by atoms with Gasteiger partial charge in [0.2, 0.25) is 0 Å². The molecular weight excluding hydrogens is 216 g/mol. The van der Waals surface area contributed by atoms with E-state index in [1.54, 1.807) is 0 Å². The van der Waals surface area contributed by atoms with Crippen LogP contribution in [0.25, 0.3) is 0 Å². The van der Waals surface area contributed by atoms with E-state index in [9.17, 15) is 4.79 Å². The van der Waals surface area contributed by atoms with E-state index < -0.39 is 0 Å². The van der Waals surface area contributed by atoms with E-state index in [1.807, 2.05) is 18.2 Å². The summed E-state index contributed by atoms with van der Waals surface area (Å²) in [5.41, 5.74) is 1.14. The van der Waals surface area contributed by atoms with Gasteiger partial charge in [-0.2, -0.15) is 0 Å². The lowest BCUT2D eigenvalue weighted by Crippen LogP contribution is -2.25. The monoisotopic (exact) mass is 232 g/mol. The quantitative estimate of drug-likeness (QED) is 0.696. The minimum absolute atomic E-state index is 0.00227. The molecule has 17 heavy (non-hydrogen) atoms. The Morgan fingerprint density at radius 2 is 2.24 bits per heavy atom. The largest absolute Gasteiger partial charge is 0.493 e. The van der Waals surface area contributed by atoms with Crippen LogP contribution in [-0.4, -0.2) is 19.7 Å². The minimum atomic E-state index is -0.0887. The van der Waals surface area contributed by atoms with Gasteiger partial charge in [-0.15, -0.1) is 0 Å². The van der Waals surface area contributed by atoms with E-state index in [-0.39, 0.29) is 17.3 Å². The van der Waals surface area contributed by atoms with Gasteiger partial charge in [0.15, 0.2) is 0 Å². The second-order valence-corrected chi connectivity index (χ2v) is 4.92. The summed E-state index contributed by atoms with van der Waals surface area (Å²) >= 11 is 0. The molecular formula is C14H16O3. The average molecular weight is 232 g/mol. The highest BCUT2D eigenvalue weighted by molar-refractivity contribution is 5.80. The lowest BCUT2D eigenvalue weighted by atomic mass is 9.86. The number of hydrogen-bond donors (Lipinski definition) is 0. The predicted octanol–water partition coefficient (Wildman–Crippen LogP) is 2.15. The number of methoxy groups -OCH3 is 1. The Bertz CT molecular complexity index is 468. The molecule has 1 heterocycles. The van der Waals surface area contributed by atoms with Gasteiger partial charge in [0.1, 0.15) is 5.75 Å². The molecule has 1 aliphatic carbocycles. The van der Waals surface area contributed by atoms with Crippen molar-refractivity contribution >= 4 is 5.97 Å². The smallest absolute Gasteiger partial charge is 0.309 e. The number of fused-ring (bicyclic) bond motifs is 2. The summed E-state index contributed by atoms with van der Waals surface area (Å²) in [6.07, 6.45) is 0.908. The molecule has 2 aliphatic rings. The molecule has 1 spiro atoms. The van der Waals surface area contributed by atoms with Gasteiger partial charge >= 0.3 is 5.97 Å². The summed E-state index contributed by atoms with van der Waals surface area (Å²) in [5.74, 6) is 1.18. The molecule has 1 aromatic carbocycles. The first-order valence-electron chi connectivity index (χ1n) is 6.02. The Morgan fingerprint density at radius 3 is 3.00 bits per heavy atom. The Hall–Kier alpha value is -1.51. The van der Waals surface area contributed by atoms with Gasteiger partial charge in [0.25, 0.3) is 0 Å². The standard InChI is InChI=1S/C14H16O3/c1-9-12(13(15)16-2)14(9)7-8-17-11-6-4-3-5-10(11)14/h3-6,9,12H,7-8H2,1-2H3/t9-,12-,14?/m0/s1. The first-order chi connectivity index (χ1) is 8.21. The van der Waals surface area contributed by atoms with Crippen molar-refractivity contribution in [3.63, 3.8) is 0 Å². The molecule has 0 aromatic heterocycles. The molecule has 1 aromatic rings. The number of carbonyl (C=O) groups excluding carboxylic acids is 1. The summed E-state index contributed by atoms with van der Waals surface area (Å²) in [4.78, 5) is 11.8. The van der Waals surface area contributed by atoms with E-state index >= 15 is 0 Å². The van der Waals surface area contributed by atoms with Crippen LogP contribution in [0, 0.1) is 11.8 Å². The summed E-state index contributed by atoms with van der Waals surface area (Å²) in [6.45, 7) is 2.82. The summed E-state index contributed by atoms with van der Waals surface area (Å²) in [5, 5.41) is 0. The Labute approximate surface area is 101 Å². The zero-order chi connectivity index (χ0) is 12.0. The van der Waals surface area contributed by atoms with Crippen LogP contribution in [0.4, 0.5) is 0 Å². The van der Waals surface area contributed by atoms with Gasteiger partial charge in [0, 0.05) is 11.0 Å². The zero-order valence-corrected chi connectivity index (χ0v) is 10.1. The van der Waals surface area contributed by atoms with Crippen LogP contribution in [0.5, 0.6) is 5.75 Å². The van der Waals surface area contributed by atoms with Crippen LogP contribution in [0.2, 0.25) is 0 Å². The molecule has 1 saturated carbocycles. The molecule has 90 valence electrons. The van der Waals surface area contributed by atoms with E-state index in [4.69, 9.17) is 9.47 Å². The molecule has 0 radical (unpaired) electrons. The highest BCUT2D eigenvalue weighted by Crippen LogP contribution is 2.65. The number of hydrogen-bond acceptors (Lipinski definition) is 3. The maximum atomic E-state index is 11.8. The summed E-state index contributed by atoms with van der Waals surface area (Å²) < 4.78 is 10.6. The molecule has 1 aliphatic heterocycles. The van der Waals surface area contributed by atoms with Gasteiger partial charge in [0.05, 0.1) is 19.6 Å². The topological polar surface area (TPSA) is 35.5 Å². The van der Waals surface area contributed by atoms with Crippen LogP contribution < -0.4 is 4.74 Å².